The third-order valence-corrected chi connectivity index (χ3v) is 6.54. The second-order valence-corrected chi connectivity index (χ2v) is 9.83. The standard InChI is InChI=1S/C23H31N3O4S/c1-18(2)25-31(28,29)17-22-8-4-3-7-21(22)15-24-23(27)20-9-5-6-19(14-20)16-26-10-12-30-13-11-26/h3-9,14,18,25H,10-13,15-17H2,1-2H3,(H,24,27). The molecule has 168 valence electrons. The molecule has 8 heteroatoms. The summed E-state index contributed by atoms with van der Waals surface area (Å²) in [5, 5.41) is 2.93. The molecule has 31 heavy (non-hydrogen) atoms. The van der Waals surface area contributed by atoms with Gasteiger partial charge in [0.25, 0.3) is 5.91 Å². The van der Waals surface area contributed by atoms with Crippen molar-refractivity contribution in [1.82, 2.24) is 14.9 Å². The summed E-state index contributed by atoms with van der Waals surface area (Å²) in [4.78, 5) is 15.0. The SMILES string of the molecule is CC(C)NS(=O)(=O)Cc1ccccc1CNC(=O)c1cccc(CN2CCOCC2)c1. The van der Waals surface area contributed by atoms with Gasteiger partial charge in [0, 0.05) is 37.8 Å². The number of nitrogens with one attached hydrogen (secondary N) is 2. The third kappa shape index (κ3) is 7.43. The van der Waals surface area contributed by atoms with E-state index in [1.165, 1.54) is 0 Å². The predicted octanol–water partition coefficient (Wildman–Crippen LogP) is 2.28. The number of carbonyl (C=O) groups is 1. The van der Waals surface area contributed by atoms with Gasteiger partial charge in [-0.25, -0.2) is 13.1 Å². The Hall–Kier alpha value is -2.26. The molecule has 1 aliphatic heterocycles. The molecule has 3 rings (SSSR count). The van der Waals surface area contributed by atoms with E-state index in [-0.39, 0.29) is 24.2 Å². The first-order chi connectivity index (χ1) is 14.8. The summed E-state index contributed by atoms with van der Waals surface area (Å²) in [6, 6.07) is 14.7. The van der Waals surface area contributed by atoms with Gasteiger partial charge in [-0.3, -0.25) is 9.69 Å². The van der Waals surface area contributed by atoms with Crippen molar-refractivity contribution in [3.8, 4) is 0 Å². The van der Waals surface area contributed by atoms with Crippen LogP contribution in [0.15, 0.2) is 48.5 Å². The fourth-order valence-corrected chi connectivity index (χ4v) is 5.07. The zero-order valence-electron chi connectivity index (χ0n) is 18.1. The van der Waals surface area contributed by atoms with Gasteiger partial charge in [0.15, 0.2) is 0 Å². The molecular formula is C23H31N3O4S. The van der Waals surface area contributed by atoms with Crippen LogP contribution in [-0.2, 0) is 33.6 Å². The molecule has 0 aromatic heterocycles. The number of carbonyl (C=O) groups excluding carboxylic acids is 1. The van der Waals surface area contributed by atoms with Crippen molar-refractivity contribution >= 4 is 15.9 Å². The van der Waals surface area contributed by atoms with E-state index in [4.69, 9.17) is 4.74 Å². The number of sulfonamides is 1. The van der Waals surface area contributed by atoms with Crippen molar-refractivity contribution in [2.75, 3.05) is 26.3 Å². The van der Waals surface area contributed by atoms with Crippen LogP contribution >= 0.6 is 0 Å². The number of rotatable bonds is 9. The van der Waals surface area contributed by atoms with Crippen LogP contribution in [0.4, 0.5) is 0 Å². The molecule has 0 bridgehead atoms. The Labute approximate surface area is 184 Å². The molecule has 0 atom stereocenters. The number of nitrogens with zero attached hydrogens (tertiary/aromatic N) is 1. The number of benzene rings is 2. The lowest BCUT2D eigenvalue weighted by Gasteiger charge is -2.26. The highest BCUT2D eigenvalue weighted by molar-refractivity contribution is 7.88. The van der Waals surface area contributed by atoms with E-state index in [9.17, 15) is 13.2 Å². The maximum atomic E-state index is 12.7. The topological polar surface area (TPSA) is 87.7 Å². The van der Waals surface area contributed by atoms with Gasteiger partial charge in [-0.15, -0.1) is 0 Å². The zero-order chi connectivity index (χ0) is 22.3. The minimum Gasteiger partial charge on any atom is -0.379 e. The Bertz CT molecular complexity index is 986. The van der Waals surface area contributed by atoms with Crippen molar-refractivity contribution in [3.63, 3.8) is 0 Å². The first kappa shape index (κ1) is 23.4. The largest absolute Gasteiger partial charge is 0.379 e. The number of hydrogen-bond donors (Lipinski definition) is 2. The molecule has 0 unspecified atom stereocenters. The highest BCUT2D eigenvalue weighted by Crippen LogP contribution is 2.14. The first-order valence-corrected chi connectivity index (χ1v) is 12.2. The predicted molar refractivity (Wildman–Crippen MR) is 121 cm³/mol. The molecular weight excluding hydrogens is 414 g/mol. The molecule has 2 aromatic rings. The smallest absolute Gasteiger partial charge is 0.251 e. The monoisotopic (exact) mass is 445 g/mol. The molecule has 2 N–H and O–H groups in total. The van der Waals surface area contributed by atoms with Crippen molar-refractivity contribution < 1.29 is 17.9 Å². The molecule has 0 spiro atoms. The number of hydrogen-bond acceptors (Lipinski definition) is 5. The van der Waals surface area contributed by atoms with Crippen LogP contribution in [0.2, 0.25) is 0 Å². The minimum atomic E-state index is -3.44. The highest BCUT2D eigenvalue weighted by atomic mass is 32.2. The molecule has 0 saturated carbocycles. The lowest BCUT2D eigenvalue weighted by Crippen LogP contribution is -2.35. The van der Waals surface area contributed by atoms with E-state index in [2.05, 4.69) is 14.9 Å². The van der Waals surface area contributed by atoms with Crippen molar-refractivity contribution in [2.24, 2.45) is 0 Å². The van der Waals surface area contributed by atoms with E-state index >= 15 is 0 Å². The summed E-state index contributed by atoms with van der Waals surface area (Å²) in [6.45, 7) is 7.88. The van der Waals surface area contributed by atoms with E-state index in [0.717, 1.165) is 44.0 Å². The van der Waals surface area contributed by atoms with E-state index in [1.807, 2.05) is 30.3 Å². The van der Waals surface area contributed by atoms with Gasteiger partial charge in [-0.1, -0.05) is 36.4 Å². The van der Waals surface area contributed by atoms with Crippen LogP contribution in [0, 0.1) is 0 Å². The molecule has 0 aliphatic carbocycles. The maximum absolute atomic E-state index is 12.7. The first-order valence-electron chi connectivity index (χ1n) is 10.6. The van der Waals surface area contributed by atoms with E-state index < -0.39 is 10.0 Å². The van der Waals surface area contributed by atoms with Crippen LogP contribution in [0.5, 0.6) is 0 Å². The van der Waals surface area contributed by atoms with Crippen molar-refractivity contribution in [3.05, 3.63) is 70.8 Å². The molecule has 1 heterocycles. The van der Waals surface area contributed by atoms with Crippen LogP contribution in [0.1, 0.15) is 40.9 Å². The number of morpholine rings is 1. The van der Waals surface area contributed by atoms with Gasteiger partial charge in [0.2, 0.25) is 10.0 Å². The third-order valence-electron chi connectivity index (χ3n) is 5.02. The van der Waals surface area contributed by atoms with Gasteiger partial charge in [-0.2, -0.15) is 0 Å². The van der Waals surface area contributed by atoms with Gasteiger partial charge in [0.05, 0.1) is 19.0 Å². The lowest BCUT2D eigenvalue weighted by molar-refractivity contribution is 0.0342. The molecule has 1 fully saturated rings. The van der Waals surface area contributed by atoms with Crippen LogP contribution in [0.25, 0.3) is 0 Å². The Kier molecular flexibility index (Phi) is 8.20. The highest BCUT2D eigenvalue weighted by Gasteiger charge is 2.16. The normalized spacial score (nSPS) is 15.2. The summed E-state index contributed by atoms with van der Waals surface area (Å²) < 4.78 is 32.6. The summed E-state index contributed by atoms with van der Waals surface area (Å²) in [6.07, 6.45) is 0. The number of amides is 1. The fraction of sp³-hybridized carbons (Fsp3) is 0.435. The molecule has 7 nitrogen and oxygen atoms in total. The zero-order valence-corrected chi connectivity index (χ0v) is 19.0. The molecule has 1 saturated heterocycles. The maximum Gasteiger partial charge on any atom is 0.251 e. The van der Waals surface area contributed by atoms with Gasteiger partial charge in [0.1, 0.15) is 0 Å². The second kappa shape index (κ2) is 10.9. The quantitative estimate of drug-likeness (QED) is 0.618. The van der Waals surface area contributed by atoms with Crippen LogP contribution in [0.3, 0.4) is 0 Å². The van der Waals surface area contributed by atoms with E-state index in [0.29, 0.717) is 11.1 Å². The van der Waals surface area contributed by atoms with Crippen molar-refractivity contribution in [1.29, 1.82) is 0 Å². The Morgan fingerprint density at radius 2 is 1.77 bits per heavy atom. The Morgan fingerprint density at radius 3 is 2.48 bits per heavy atom. The van der Waals surface area contributed by atoms with Crippen molar-refractivity contribution in [2.45, 2.75) is 38.7 Å². The average molecular weight is 446 g/mol. The van der Waals surface area contributed by atoms with Crippen LogP contribution < -0.4 is 10.0 Å². The van der Waals surface area contributed by atoms with Gasteiger partial charge < -0.3 is 10.1 Å². The molecule has 1 amide bonds. The lowest BCUT2D eigenvalue weighted by atomic mass is 10.1. The summed E-state index contributed by atoms with van der Waals surface area (Å²) >= 11 is 0. The summed E-state index contributed by atoms with van der Waals surface area (Å²) in [7, 11) is -3.44. The summed E-state index contributed by atoms with van der Waals surface area (Å²) in [5.41, 5.74) is 3.14. The fourth-order valence-electron chi connectivity index (χ4n) is 3.58. The summed E-state index contributed by atoms with van der Waals surface area (Å²) in [5.74, 6) is -0.298. The Morgan fingerprint density at radius 1 is 1.06 bits per heavy atom. The van der Waals surface area contributed by atoms with Gasteiger partial charge in [-0.05, 0) is 42.7 Å². The Balaban J connectivity index is 1.63. The van der Waals surface area contributed by atoms with E-state index in [1.54, 1.807) is 32.0 Å². The molecule has 1 aliphatic rings. The molecule has 0 radical (unpaired) electrons. The minimum absolute atomic E-state index is 0.119. The van der Waals surface area contributed by atoms with Crippen LogP contribution in [-0.4, -0.2) is 51.6 Å². The average Bonchev–Trinajstić information content (AvgIpc) is 2.72. The second-order valence-electron chi connectivity index (χ2n) is 8.07. The van der Waals surface area contributed by atoms with Gasteiger partial charge >= 0.3 is 0 Å². The molecule has 2 aromatic carbocycles. The number of ether oxygens (including phenoxy) is 1.